The zero-order valence-corrected chi connectivity index (χ0v) is 24.0. The molecule has 0 bridgehead atoms. The Morgan fingerprint density at radius 3 is 2.15 bits per heavy atom. The summed E-state index contributed by atoms with van der Waals surface area (Å²) in [6.07, 6.45) is 3.92. The fourth-order valence-corrected chi connectivity index (χ4v) is 4.88. The van der Waals surface area contributed by atoms with Crippen molar-refractivity contribution in [2.45, 2.75) is 32.2 Å². The third-order valence-corrected chi connectivity index (χ3v) is 7.23. The first kappa shape index (κ1) is 31.1. The van der Waals surface area contributed by atoms with E-state index < -0.39 is 12.0 Å². The molecule has 0 aromatic heterocycles. The maximum atomic E-state index is 13.3. The van der Waals surface area contributed by atoms with E-state index in [2.05, 4.69) is 23.5 Å². The Kier molecular flexibility index (Phi) is 12.0. The molecule has 0 aliphatic rings. The second-order valence-electron chi connectivity index (χ2n) is 9.40. The SMILES string of the molecule is CSCC[C@H](NC(=O)c1ccc(CCc2ccc(Oc3ccccc3)cc2)cc1-c1ccccc1C)C(=O)O.[H-].[Li+]. The number of nitrogens with one attached hydrogen (secondary N) is 1. The number of hydrogen-bond donors (Lipinski definition) is 2. The third kappa shape index (κ3) is 8.53. The van der Waals surface area contributed by atoms with Gasteiger partial charge in [-0.3, -0.25) is 4.79 Å². The first-order chi connectivity index (χ1) is 18.9. The normalized spacial score (nSPS) is 11.2. The van der Waals surface area contributed by atoms with Crippen LogP contribution >= 0.6 is 11.8 Å². The molecule has 1 atom stereocenters. The Bertz CT molecular complexity index is 1420. The van der Waals surface area contributed by atoms with Crippen molar-refractivity contribution in [3.8, 4) is 22.6 Å². The molecule has 7 heteroatoms. The number of carboxylic acids is 1. The zero-order valence-electron chi connectivity index (χ0n) is 24.2. The Hall–Kier alpha value is -3.43. The molecule has 1 amide bonds. The minimum absolute atomic E-state index is 0. The van der Waals surface area contributed by atoms with Crippen molar-refractivity contribution in [2.75, 3.05) is 12.0 Å². The van der Waals surface area contributed by atoms with Gasteiger partial charge in [0.15, 0.2) is 0 Å². The smallest absolute Gasteiger partial charge is 1.00 e. The van der Waals surface area contributed by atoms with Crippen LogP contribution in [-0.2, 0) is 17.6 Å². The summed E-state index contributed by atoms with van der Waals surface area (Å²) < 4.78 is 5.90. The molecule has 0 heterocycles. The van der Waals surface area contributed by atoms with Gasteiger partial charge in [-0.15, -0.1) is 0 Å². The molecular weight excluding hydrogens is 513 g/mol. The summed E-state index contributed by atoms with van der Waals surface area (Å²) in [4.78, 5) is 25.0. The first-order valence-corrected chi connectivity index (χ1v) is 14.4. The molecule has 0 radical (unpaired) electrons. The molecule has 0 saturated carbocycles. The number of thioether (sulfide) groups is 1. The van der Waals surface area contributed by atoms with Crippen molar-refractivity contribution in [3.05, 3.63) is 119 Å². The van der Waals surface area contributed by atoms with Crippen LogP contribution in [0.4, 0.5) is 0 Å². The molecule has 5 nitrogen and oxygen atoms in total. The number of para-hydroxylation sites is 1. The molecule has 4 aromatic carbocycles. The number of carboxylic acid groups (broad SMARTS) is 1. The Balaban J connectivity index is 0.00000294. The van der Waals surface area contributed by atoms with Gasteiger partial charge >= 0.3 is 24.8 Å². The fraction of sp³-hybridized carbons (Fsp3) is 0.212. The number of aliphatic carboxylic acids is 1. The summed E-state index contributed by atoms with van der Waals surface area (Å²) in [5.74, 6) is 0.852. The van der Waals surface area contributed by atoms with Gasteiger partial charge in [0.2, 0.25) is 0 Å². The van der Waals surface area contributed by atoms with Crippen molar-refractivity contribution >= 4 is 23.6 Å². The van der Waals surface area contributed by atoms with E-state index in [1.54, 1.807) is 11.8 Å². The van der Waals surface area contributed by atoms with Crippen LogP contribution in [0.25, 0.3) is 11.1 Å². The van der Waals surface area contributed by atoms with Gasteiger partial charge in [0.25, 0.3) is 5.91 Å². The molecule has 0 fully saturated rings. The van der Waals surface area contributed by atoms with Crippen LogP contribution in [0.2, 0.25) is 0 Å². The van der Waals surface area contributed by atoms with Crippen LogP contribution in [0.1, 0.15) is 34.9 Å². The van der Waals surface area contributed by atoms with E-state index in [1.165, 1.54) is 5.56 Å². The van der Waals surface area contributed by atoms with Crippen molar-refractivity contribution in [2.24, 2.45) is 0 Å². The van der Waals surface area contributed by atoms with Gasteiger partial charge in [-0.05, 0) is 96.3 Å². The van der Waals surface area contributed by atoms with Crippen molar-refractivity contribution in [1.29, 1.82) is 0 Å². The maximum Gasteiger partial charge on any atom is 1.00 e. The molecule has 4 rings (SSSR count). The fourth-order valence-electron chi connectivity index (χ4n) is 4.41. The van der Waals surface area contributed by atoms with Gasteiger partial charge < -0.3 is 16.6 Å². The largest absolute Gasteiger partial charge is 1.00 e. The standard InChI is InChI=1S/C33H33NO4S.Li.H/c1-23-8-6-7-11-28(23)30-22-25(16-19-29(30)32(35)34-31(33(36)37)20-21-39-2)13-12-24-14-17-27(18-15-24)38-26-9-4-3-5-10-26;;/h3-11,14-19,22,31H,12-13,20-21H2,1-2H3,(H,34,35)(H,36,37);;/q;+1;-1/t31-;;/m0../s1. The van der Waals surface area contributed by atoms with E-state index in [0.717, 1.165) is 46.6 Å². The number of ether oxygens (including phenoxy) is 1. The van der Waals surface area contributed by atoms with E-state index in [1.807, 2.05) is 92.0 Å². The van der Waals surface area contributed by atoms with Gasteiger partial charge in [-0.1, -0.05) is 66.7 Å². The van der Waals surface area contributed by atoms with Gasteiger partial charge in [-0.25, -0.2) is 4.79 Å². The van der Waals surface area contributed by atoms with Crippen molar-refractivity contribution in [1.82, 2.24) is 5.32 Å². The number of carbonyl (C=O) groups excluding carboxylic acids is 1. The third-order valence-electron chi connectivity index (χ3n) is 6.58. The van der Waals surface area contributed by atoms with Gasteiger partial charge in [0.05, 0.1) is 0 Å². The van der Waals surface area contributed by atoms with Crippen LogP contribution in [0.3, 0.4) is 0 Å². The van der Waals surface area contributed by atoms with Crippen LogP contribution in [-0.4, -0.2) is 35.0 Å². The average Bonchev–Trinajstić information content (AvgIpc) is 2.95. The number of benzene rings is 4. The topological polar surface area (TPSA) is 75.6 Å². The minimum Gasteiger partial charge on any atom is -1.00 e. The summed E-state index contributed by atoms with van der Waals surface area (Å²) in [5.41, 5.74) is 5.59. The van der Waals surface area contributed by atoms with Gasteiger partial charge in [0.1, 0.15) is 17.5 Å². The minimum atomic E-state index is -1.02. The zero-order chi connectivity index (χ0) is 27.6. The second kappa shape index (κ2) is 15.4. The van der Waals surface area contributed by atoms with Gasteiger partial charge in [-0.2, -0.15) is 11.8 Å². The molecule has 2 N–H and O–H groups in total. The summed E-state index contributed by atoms with van der Waals surface area (Å²) in [6.45, 7) is 2.02. The molecule has 0 unspecified atom stereocenters. The predicted molar refractivity (Wildman–Crippen MR) is 160 cm³/mol. The van der Waals surface area contributed by atoms with E-state index in [0.29, 0.717) is 17.7 Å². The Morgan fingerprint density at radius 2 is 1.48 bits per heavy atom. The van der Waals surface area contributed by atoms with Crippen molar-refractivity contribution in [3.63, 3.8) is 0 Å². The number of hydrogen-bond acceptors (Lipinski definition) is 4. The van der Waals surface area contributed by atoms with Crippen LogP contribution in [0.15, 0.2) is 97.1 Å². The maximum absolute atomic E-state index is 13.3. The van der Waals surface area contributed by atoms with E-state index in [4.69, 9.17) is 4.74 Å². The molecule has 0 aliphatic carbocycles. The molecular formula is C33H34LiNO4S. The Labute approximate surface area is 254 Å². The molecule has 202 valence electrons. The Morgan fingerprint density at radius 1 is 0.850 bits per heavy atom. The number of amides is 1. The number of carbonyl (C=O) groups is 2. The van der Waals surface area contributed by atoms with Crippen molar-refractivity contribution < 1.29 is 39.7 Å². The molecule has 0 aliphatic heterocycles. The quantitative estimate of drug-likeness (QED) is 0.259. The number of aryl methyl sites for hydroxylation is 3. The van der Waals surface area contributed by atoms with Crippen LogP contribution < -0.4 is 28.9 Å². The molecule has 40 heavy (non-hydrogen) atoms. The predicted octanol–water partition coefficient (Wildman–Crippen LogP) is 4.29. The summed E-state index contributed by atoms with van der Waals surface area (Å²) in [7, 11) is 0. The molecule has 0 spiro atoms. The number of rotatable bonds is 12. The molecule has 0 saturated heterocycles. The summed E-state index contributed by atoms with van der Waals surface area (Å²) >= 11 is 1.56. The molecule has 4 aromatic rings. The van der Waals surface area contributed by atoms with Crippen LogP contribution in [0.5, 0.6) is 11.5 Å². The monoisotopic (exact) mass is 547 g/mol. The first-order valence-electron chi connectivity index (χ1n) is 13.0. The summed E-state index contributed by atoms with van der Waals surface area (Å²) in [6, 6.07) is 30.6. The average molecular weight is 548 g/mol. The van der Waals surface area contributed by atoms with Crippen LogP contribution in [0, 0.1) is 6.92 Å². The van der Waals surface area contributed by atoms with E-state index in [-0.39, 0.29) is 26.2 Å². The van der Waals surface area contributed by atoms with E-state index >= 15 is 0 Å². The second-order valence-corrected chi connectivity index (χ2v) is 10.4. The van der Waals surface area contributed by atoms with E-state index in [9.17, 15) is 14.7 Å². The summed E-state index contributed by atoms with van der Waals surface area (Å²) in [5, 5.41) is 12.3. The van der Waals surface area contributed by atoms with Gasteiger partial charge in [0, 0.05) is 5.56 Å².